The Balaban J connectivity index is 2.41. The highest BCUT2D eigenvalue weighted by atomic mass is 35.5. The fraction of sp³-hybridized carbons (Fsp3) is 0. The van der Waals surface area contributed by atoms with Crippen LogP contribution in [0, 0.1) is 0 Å². The highest BCUT2D eigenvalue weighted by molar-refractivity contribution is 6.30. The fourth-order valence-electron chi connectivity index (χ4n) is 1.07. The molecule has 0 unspecified atom stereocenters. The first-order valence-corrected chi connectivity index (χ1v) is 4.19. The number of halogens is 1. The Morgan fingerprint density at radius 1 is 1.23 bits per heavy atom. The molecule has 0 aliphatic carbocycles. The van der Waals surface area contributed by atoms with Gasteiger partial charge < -0.3 is 5.73 Å². The van der Waals surface area contributed by atoms with E-state index in [0.717, 1.165) is 11.4 Å². The lowest BCUT2D eigenvalue weighted by Crippen LogP contribution is -1.94. The van der Waals surface area contributed by atoms with Crippen LogP contribution in [0.2, 0.25) is 5.02 Å². The fourth-order valence-corrected chi connectivity index (χ4v) is 1.21. The summed E-state index contributed by atoms with van der Waals surface area (Å²) in [5, 5.41) is 4.68. The van der Waals surface area contributed by atoms with E-state index in [2.05, 4.69) is 5.10 Å². The van der Waals surface area contributed by atoms with Gasteiger partial charge in [0.15, 0.2) is 0 Å². The predicted molar refractivity (Wildman–Crippen MR) is 53.0 cm³/mol. The van der Waals surface area contributed by atoms with Crippen LogP contribution >= 0.6 is 11.6 Å². The van der Waals surface area contributed by atoms with Gasteiger partial charge in [-0.3, -0.25) is 0 Å². The van der Waals surface area contributed by atoms with Gasteiger partial charge in [-0.1, -0.05) is 11.6 Å². The van der Waals surface area contributed by atoms with Crippen LogP contribution < -0.4 is 5.73 Å². The van der Waals surface area contributed by atoms with Gasteiger partial charge in [-0.15, -0.1) is 0 Å². The van der Waals surface area contributed by atoms with Crippen molar-refractivity contribution in [1.29, 1.82) is 0 Å². The van der Waals surface area contributed by atoms with Gasteiger partial charge in [-0.2, -0.15) is 5.10 Å². The van der Waals surface area contributed by atoms with Crippen molar-refractivity contribution in [3.05, 3.63) is 41.7 Å². The number of hydrogen-bond acceptors (Lipinski definition) is 2. The Morgan fingerprint density at radius 2 is 1.92 bits per heavy atom. The Morgan fingerprint density at radius 3 is 2.46 bits per heavy atom. The summed E-state index contributed by atoms with van der Waals surface area (Å²) in [4.78, 5) is 0. The molecule has 4 heteroatoms. The van der Waals surface area contributed by atoms with Crippen LogP contribution in [0.15, 0.2) is 36.7 Å². The minimum absolute atomic E-state index is 0.622. The van der Waals surface area contributed by atoms with Gasteiger partial charge in [0.05, 0.1) is 16.9 Å². The minimum Gasteiger partial charge on any atom is -0.399 e. The second-order valence-corrected chi connectivity index (χ2v) is 3.13. The zero-order chi connectivity index (χ0) is 9.26. The molecule has 0 aliphatic heterocycles. The molecule has 2 rings (SSSR count). The number of nitrogen functional groups attached to an aromatic ring is 1. The van der Waals surface area contributed by atoms with E-state index in [-0.39, 0.29) is 0 Å². The third-order valence-corrected chi connectivity index (χ3v) is 1.90. The molecule has 0 aliphatic rings. The van der Waals surface area contributed by atoms with Crippen molar-refractivity contribution in [2.24, 2.45) is 0 Å². The zero-order valence-corrected chi connectivity index (χ0v) is 7.57. The molecule has 66 valence electrons. The normalized spacial score (nSPS) is 10.2. The standard InChI is InChI=1S/C9H8ClN3/c10-7-5-12-13(6-7)9-3-1-8(11)2-4-9/h1-6H,11H2. The molecule has 1 heterocycles. The maximum Gasteiger partial charge on any atom is 0.0790 e. The number of nitrogens with zero attached hydrogens (tertiary/aromatic N) is 2. The maximum absolute atomic E-state index is 5.73. The van der Waals surface area contributed by atoms with E-state index in [0.29, 0.717) is 5.02 Å². The van der Waals surface area contributed by atoms with E-state index in [1.54, 1.807) is 17.1 Å². The zero-order valence-electron chi connectivity index (χ0n) is 6.81. The van der Waals surface area contributed by atoms with Crippen LogP contribution in [0.1, 0.15) is 0 Å². The second-order valence-electron chi connectivity index (χ2n) is 2.69. The van der Waals surface area contributed by atoms with Crippen molar-refractivity contribution in [3.63, 3.8) is 0 Å². The topological polar surface area (TPSA) is 43.8 Å². The third kappa shape index (κ3) is 1.65. The molecule has 0 fully saturated rings. The molecule has 0 bridgehead atoms. The molecule has 3 nitrogen and oxygen atoms in total. The molecule has 1 aromatic carbocycles. The molecule has 0 atom stereocenters. The van der Waals surface area contributed by atoms with Gasteiger partial charge in [0.1, 0.15) is 0 Å². The van der Waals surface area contributed by atoms with Crippen molar-refractivity contribution in [2.75, 3.05) is 5.73 Å². The number of nitrogens with two attached hydrogens (primary N) is 1. The van der Waals surface area contributed by atoms with Crippen LogP contribution in [-0.4, -0.2) is 9.78 Å². The van der Waals surface area contributed by atoms with Gasteiger partial charge in [-0.05, 0) is 24.3 Å². The summed E-state index contributed by atoms with van der Waals surface area (Å²) in [6, 6.07) is 7.42. The van der Waals surface area contributed by atoms with Crippen molar-refractivity contribution in [3.8, 4) is 5.69 Å². The molecule has 1 aromatic heterocycles. The molecule has 13 heavy (non-hydrogen) atoms. The van der Waals surface area contributed by atoms with Crippen molar-refractivity contribution in [1.82, 2.24) is 9.78 Å². The highest BCUT2D eigenvalue weighted by Gasteiger charge is 1.97. The maximum atomic E-state index is 5.73. The monoisotopic (exact) mass is 193 g/mol. The molecule has 0 saturated heterocycles. The van der Waals surface area contributed by atoms with Crippen LogP contribution in [-0.2, 0) is 0 Å². The second kappa shape index (κ2) is 3.11. The highest BCUT2D eigenvalue weighted by Crippen LogP contribution is 2.12. The average molecular weight is 194 g/mol. The van der Waals surface area contributed by atoms with Crippen LogP contribution in [0.4, 0.5) is 5.69 Å². The van der Waals surface area contributed by atoms with E-state index in [1.807, 2.05) is 24.3 Å². The summed E-state index contributed by atoms with van der Waals surface area (Å²) < 4.78 is 1.70. The largest absolute Gasteiger partial charge is 0.399 e. The summed E-state index contributed by atoms with van der Waals surface area (Å²) in [5.41, 5.74) is 7.24. The van der Waals surface area contributed by atoms with Gasteiger partial charge in [0.2, 0.25) is 0 Å². The van der Waals surface area contributed by atoms with Crippen LogP contribution in [0.5, 0.6) is 0 Å². The predicted octanol–water partition coefficient (Wildman–Crippen LogP) is 2.11. The summed E-state index contributed by atoms with van der Waals surface area (Å²) >= 11 is 5.73. The van der Waals surface area contributed by atoms with Gasteiger partial charge in [-0.25, -0.2) is 4.68 Å². The van der Waals surface area contributed by atoms with Gasteiger partial charge >= 0.3 is 0 Å². The molecule has 0 saturated carbocycles. The third-order valence-electron chi connectivity index (χ3n) is 1.71. The Bertz CT molecular complexity index is 405. The molecule has 0 radical (unpaired) electrons. The summed E-state index contributed by atoms with van der Waals surface area (Å²) in [7, 11) is 0. The Labute approximate surface area is 80.7 Å². The lowest BCUT2D eigenvalue weighted by atomic mass is 10.3. The van der Waals surface area contributed by atoms with E-state index in [9.17, 15) is 0 Å². The molecule has 0 spiro atoms. The van der Waals surface area contributed by atoms with Crippen molar-refractivity contribution < 1.29 is 0 Å². The molecular weight excluding hydrogens is 186 g/mol. The first-order valence-electron chi connectivity index (χ1n) is 3.82. The number of aromatic nitrogens is 2. The first-order chi connectivity index (χ1) is 6.25. The first kappa shape index (κ1) is 8.13. The minimum atomic E-state index is 0.622. The number of rotatable bonds is 1. The summed E-state index contributed by atoms with van der Waals surface area (Å²) in [5.74, 6) is 0. The van der Waals surface area contributed by atoms with E-state index >= 15 is 0 Å². The smallest absolute Gasteiger partial charge is 0.0790 e. The van der Waals surface area contributed by atoms with Gasteiger partial charge in [0.25, 0.3) is 0 Å². The Hall–Kier alpha value is -1.48. The van der Waals surface area contributed by atoms with Crippen molar-refractivity contribution in [2.45, 2.75) is 0 Å². The van der Waals surface area contributed by atoms with Gasteiger partial charge in [0, 0.05) is 11.9 Å². The number of anilines is 1. The van der Waals surface area contributed by atoms with Crippen LogP contribution in [0.25, 0.3) is 5.69 Å². The van der Waals surface area contributed by atoms with E-state index in [4.69, 9.17) is 17.3 Å². The SMILES string of the molecule is Nc1ccc(-n2cc(Cl)cn2)cc1. The molecule has 0 amide bonds. The molecule has 2 aromatic rings. The summed E-state index contributed by atoms with van der Waals surface area (Å²) in [6.07, 6.45) is 3.34. The quantitative estimate of drug-likeness (QED) is 0.705. The lowest BCUT2D eigenvalue weighted by Gasteiger charge is -2.00. The number of benzene rings is 1. The Kier molecular flexibility index (Phi) is 1.94. The molecular formula is C9H8ClN3. The van der Waals surface area contributed by atoms with Crippen molar-refractivity contribution >= 4 is 17.3 Å². The lowest BCUT2D eigenvalue weighted by molar-refractivity contribution is 0.881. The van der Waals surface area contributed by atoms with Crippen LogP contribution in [0.3, 0.4) is 0 Å². The molecule has 2 N–H and O–H groups in total. The van der Waals surface area contributed by atoms with E-state index in [1.165, 1.54) is 0 Å². The average Bonchev–Trinajstić information content (AvgIpc) is 2.53. The number of hydrogen-bond donors (Lipinski definition) is 1. The summed E-state index contributed by atoms with van der Waals surface area (Å²) in [6.45, 7) is 0. The van der Waals surface area contributed by atoms with E-state index < -0.39 is 0 Å².